The summed E-state index contributed by atoms with van der Waals surface area (Å²) < 4.78 is 0. The van der Waals surface area contributed by atoms with Crippen LogP contribution in [-0.4, -0.2) is 23.9 Å². The van der Waals surface area contributed by atoms with Gasteiger partial charge in [-0.25, -0.2) is 0 Å². The van der Waals surface area contributed by atoms with Gasteiger partial charge in [0.15, 0.2) is 0 Å². The summed E-state index contributed by atoms with van der Waals surface area (Å²) in [7, 11) is 1.73. The summed E-state index contributed by atoms with van der Waals surface area (Å²) in [5, 5.41) is 1.19. The topological polar surface area (TPSA) is 46.3 Å². The number of likely N-dealkylation sites (tertiary alicyclic amines) is 1. The van der Waals surface area contributed by atoms with E-state index in [1.807, 2.05) is 0 Å². The third-order valence-electron chi connectivity index (χ3n) is 2.90. The van der Waals surface area contributed by atoms with E-state index in [2.05, 4.69) is 0 Å². The summed E-state index contributed by atoms with van der Waals surface area (Å²) in [4.78, 5) is 13.2. The van der Waals surface area contributed by atoms with Crippen LogP contribution in [0.3, 0.4) is 0 Å². The molecule has 2 N–H and O–H groups in total. The van der Waals surface area contributed by atoms with Crippen molar-refractivity contribution in [2.24, 2.45) is 5.73 Å². The number of nitrogens with zero attached hydrogens (tertiary/aromatic N) is 1. The zero-order valence-corrected chi connectivity index (χ0v) is 10.3. The van der Waals surface area contributed by atoms with E-state index in [1.165, 1.54) is 0 Å². The van der Waals surface area contributed by atoms with Crippen molar-refractivity contribution in [3.63, 3.8) is 0 Å². The fourth-order valence-corrected chi connectivity index (χ4v) is 2.49. The van der Waals surface area contributed by atoms with Gasteiger partial charge in [0.05, 0.1) is 6.04 Å². The number of hydrogen-bond donors (Lipinski definition) is 1. The van der Waals surface area contributed by atoms with Gasteiger partial charge in [-0.1, -0.05) is 23.2 Å². The molecule has 0 radical (unpaired) electrons. The van der Waals surface area contributed by atoms with E-state index in [-0.39, 0.29) is 18.0 Å². The number of carbonyl (C=O) groups excluding carboxylic acids is 1. The second kappa shape index (κ2) is 4.24. The molecule has 0 aliphatic carbocycles. The van der Waals surface area contributed by atoms with Gasteiger partial charge in [0.1, 0.15) is 0 Å². The van der Waals surface area contributed by atoms with Gasteiger partial charge in [-0.15, -0.1) is 0 Å². The van der Waals surface area contributed by atoms with Crippen molar-refractivity contribution < 1.29 is 4.79 Å². The molecule has 1 saturated heterocycles. The molecule has 5 heteroatoms. The fraction of sp³-hybridized carbons (Fsp3) is 0.364. The third kappa shape index (κ3) is 1.90. The van der Waals surface area contributed by atoms with Crippen LogP contribution < -0.4 is 5.73 Å². The molecule has 1 aromatic carbocycles. The van der Waals surface area contributed by atoms with Crippen molar-refractivity contribution >= 4 is 29.1 Å². The summed E-state index contributed by atoms with van der Waals surface area (Å²) in [5.41, 5.74) is 6.76. The lowest BCUT2D eigenvalue weighted by molar-refractivity contribution is -0.127. The number of hydrogen-bond acceptors (Lipinski definition) is 2. The summed E-state index contributed by atoms with van der Waals surface area (Å²) in [6.07, 6.45) is 0.351. The maximum Gasteiger partial charge on any atom is 0.224 e. The Morgan fingerprint density at radius 1 is 1.44 bits per heavy atom. The van der Waals surface area contributed by atoms with Crippen LogP contribution in [0, 0.1) is 0 Å². The molecular weight excluding hydrogens is 247 g/mol. The number of benzene rings is 1. The highest BCUT2D eigenvalue weighted by molar-refractivity contribution is 6.33. The van der Waals surface area contributed by atoms with E-state index in [4.69, 9.17) is 28.9 Å². The highest BCUT2D eigenvalue weighted by Crippen LogP contribution is 2.35. The number of nitrogens with two attached hydrogens (primary N) is 1. The van der Waals surface area contributed by atoms with Crippen LogP contribution in [0.1, 0.15) is 18.0 Å². The first kappa shape index (κ1) is 11.7. The second-order valence-corrected chi connectivity index (χ2v) is 4.83. The molecule has 0 bridgehead atoms. The van der Waals surface area contributed by atoms with Crippen LogP contribution in [-0.2, 0) is 4.79 Å². The summed E-state index contributed by atoms with van der Waals surface area (Å²) in [5.74, 6) is 0.0357. The maximum absolute atomic E-state index is 11.5. The highest BCUT2D eigenvalue weighted by atomic mass is 35.5. The van der Waals surface area contributed by atoms with Gasteiger partial charge in [0.25, 0.3) is 0 Å². The first-order valence-electron chi connectivity index (χ1n) is 4.97. The second-order valence-electron chi connectivity index (χ2n) is 3.98. The molecule has 1 amide bonds. The lowest BCUT2D eigenvalue weighted by Gasteiger charge is -2.24. The monoisotopic (exact) mass is 258 g/mol. The SMILES string of the molecule is CN1C(=O)CC(N)C1c1cc(Cl)ccc1Cl. The fourth-order valence-electron chi connectivity index (χ4n) is 2.08. The Morgan fingerprint density at radius 2 is 2.12 bits per heavy atom. The van der Waals surface area contributed by atoms with Crippen LogP contribution in [0.4, 0.5) is 0 Å². The molecule has 1 heterocycles. The van der Waals surface area contributed by atoms with E-state index in [9.17, 15) is 4.79 Å². The van der Waals surface area contributed by atoms with Crippen LogP contribution >= 0.6 is 23.2 Å². The van der Waals surface area contributed by atoms with Crippen molar-refractivity contribution in [3.05, 3.63) is 33.8 Å². The summed E-state index contributed by atoms with van der Waals surface area (Å²) in [6.45, 7) is 0. The largest absolute Gasteiger partial charge is 0.337 e. The number of carbonyl (C=O) groups is 1. The molecule has 1 aliphatic rings. The Kier molecular flexibility index (Phi) is 3.10. The Hall–Kier alpha value is -0.770. The lowest BCUT2D eigenvalue weighted by atomic mass is 10.0. The first-order valence-corrected chi connectivity index (χ1v) is 5.72. The van der Waals surface area contributed by atoms with Gasteiger partial charge in [-0.2, -0.15) is 0 Å². The maximum atomic E-state index is 11.5. The Bertz CT molecular complexity index is 436. The predicted molar refractivity (Wildman–Crippen MR) is 64.6 cm³/mol. The van der Waals surface area contributed by atoms with Gasteiger partial charge < -0.3 is 10.6 Å². The zero-order chi connectivity index (χ0) is 11.9. The van der Waals surface area contributed by atoms with Gasteiger partial charge >= 0.3 is 0 Å². The van der Waals surface area contributed by atoms with E-state index in [0.717, 1.165) is 5.56 Å². The number of amides is 1. The van der Waals surface area contributed by atoms with Crippen molar-refractivity contribution in [1.82, 2.24) is 4.90 Å². The average Bonchev–Trinajstić information content (AvgIpc) is 2.46. The standard InChI is InChI=1S/C11H12Cl2N2O/c1-15-10(16)5-9(14)11(15)7-4-6(12)2-3-8(7)13/h2-4,9,11H,5,14H2,1H3. The molecule has 16 heavy (non-hydrogen) atoms. The number of likely N-dealkylation sites (N-methyl/N-ethyl adjacent to an activating group) is 1. The molecular formula is C11H12Cl2N2O. The lowest BCUT2D eigenvalue weighted by Crippen LogP contribution is -2.30. The minimum Gasteiger partial charge on any atom is -0.337 e. The average molecular weight is 259 g/mol. The predicted octanol–water partition coefficient (Wildman–Crippen LogP) is 2.22. The van der Waals surface area contributed by atoms with E-state index >= 15 is 0 Å². The van der Waals surface area contributed by atoms with E-state index in [0.29, 0.717) is 16.5 Å². The molecule has 0 saturated carbocycles. The van der Waals surface area contributed by atoms with Crippen LogP contribution in [0.15, 0.2) is 18.2 Å². The molecule has 0 spiro atoms. The van der Waals surface area contributed by atoms with Crippen molar-refractivity contribution in [1.29, 1.82) is 0 Å². The number of halogens is 2. The molecule has 2 unspecified atom stereocenters. The van der Waals surface area contributed by atoms with Crippen molar-refractivity contribution in [2.45, 2.75) is 18.5 Å². The minimum atomic E-state index is -0.228. The van der Waals surface area contributed by atoms with E-state index < -0.39 is 0 Å². The molecule has 1 aliphatic heterocycles. The first-order chi connectivity index (χ1) is 7.50. The molecule has 86 valence electrons. The molecule has 1 fully saturated rings. The zero-order valence-electron chi connectivity index (χ0n) is 8.78. The molecule has 1 aromatic rings. The normalized spacial score (nSPS) is 25.2. The smallest absolute Gasteiger partial charge is 0.224 e. The quantitative estimate of drug-likeness (QED) is 0.840. The van der Waals surface area contributed by atoms with Crippen LogP contribution in [0.25, 0.3) is 0 Å². The van der Waals surface area contributed by atoms with Gasteiger partial charge in [0.2, 0.25) is 5.91 Å². The van der Waals surface area contributed by atoms with Crippen LogP contribution in [0.5, 0.6) is 0 Å². The van der Waals surface area contributed by atoms with Crippen LogP contribution in [0.2, 0.25) is 10.0 Å². The minimum absolute atomic E-state index is 0.0357. The molecule has 0 aromatic heterocycles. The van der Waals surface area contributed by atoms with Gasteiger partial charge in [0, 0.05) is 29.6 Å². The molecule has 2 rings (SSSR count). The number of rotatable bonds is 1. The highest BCUT2D eigenvalue weighted by Gasteiger charge is 2.37. The van der Waals surface area contributed by atoms with Gasteiger partial charge in [-0.05, 0) is 23.8 Å². The Labute approximate surface area is 104 Å². The van der Waals surface area contributed by atoms with E-state index in [1.54, 1.807) is 30.1 Å². The van der Waals surface area contributed by atoms with Crippen molar-refractivity contribution in [3.8, 4) is 0 Å². The summed E-state index contributed by atoms with van der Waals surface area (Å²) in [6, 6.07) is 4.80. The Morgan fingerprint density at radius 3 is 2.69 bits per heavy atom. The summed E-state index contributed by atoms with van der Waals surface area (Å²) >= 11 is 12.0. The molecule has 2 atom stereocenters. The molecule has 3 nitrogen and oxygen atoms in total. The Balaban J connectivity index is 2.43. The third-order valence-corrected chi connectivity index (χ3v) is 3.48. The van der Waals surface area contributed by atoms with Gasteiger partial charge in [-0.3, -0.25) is 4.79 Å². The van der Waals surface area contributed by atoms with Crippen molar-refractivity contribution in [2.75, 3.05) is 7.05 Å².